The molecule has 20 heavy (non-hydrogen) atoms. The number of nitrogens with zero attached hydrogens (tertiary/aromatic N) is 2. The molecule has 1 fully saturated rings. The Bertz CT molecular complexity index is 512. The molecule has 0 amide bonds. The van der Waals surface area contributed by atoms with Gasteiger partial charge in [-0.3, -0.25) is 9.62 Å². The fourth-order valence-electron chi connectivity index (χ4n) is 1.94. The van der Waals surface area contributed by atoms with Crippen molar-refractivity contribution in [2.24, 2.45) is 0 Å². The van der Waals surface area contributed by atoms with Crippen LogP contribution in [0.25, 0.3) is 0 Å². The van der Waals surface area contributed by atoms with E-state index < -0.39 is 10.0 Å². The lowest BCUT2D eigenvalue weighted by Crippen LogP contribution is -2.39. The average molecular weight is 300 g/mol. The van der Waals surface area contributed by atoms with Gasteiger partial charge in [0.15, 0.2) is 0 Å². The highest BCUT2D eigenvalue weighted by atomic mass is 32.2. The van der Waals surface area contributed by atoms with Crippen LogP contribution in [0.1, 0.15) is 0 Å². The number of morpholine rings is 1. The van der Waals surface area contributed by atoms with Crippen molar-refractivity contribution in [3.05, 3.63) is 18.3 Å². The number of nitrogens with one attached hydrogen (secondary N) is 2. The maximum Gasteiger partial charge on any atom is 0.229 e. The summed E-state index contributed by atoms with van der Waals surface area (Å²) in [6, 6.07) is 3.44. The normalized spacial score (nSPS) is 16.9. The Labute approximate surface area is 119 Å². The third-order valence-electron chi connectivity index (χ3n) is 2.90. The van der Waals surface area contributed by atoms with Gasteiger partial charge in [-0.05, 0) is 12.1 Å². The minimum absolute atomic E-state index is 0.464. The van der Waals surface area contributed by atoms with Crippen LogP contribution in [0.4, 0.5) is 11.5 Å². The molecule has 2 rings (SSSR count). The second-order valence-corrected chi connectivity index (χ2v) is 6.44. The maximum absolute atomic E-state index is 11.1. The lowest BCUT2D eigenvalue weighted by molar-refractivity contribution is 0.0398. The summed E-state index contributed by atoms with van der Waals surface area (Å²) in [6.07, 6.45) is 2.61. The molecular weight excluding hydrogens is 280 g/mol. The predicted octanol–water partition coefficient (Wildman–Crippen LogP) is 0.197. The molecule has 7 nitrogen and oxygen atoms in total. The van der Waals surface area contributed by atoms with Gasteiger partial charge < -0.3 is 10.1 Å². The molecule has 0 atom stereocenters. The SMILES string of the molecule is CS(=O)(=O)Nc1ccc(NCCN2CCOCC2)nc1. The van der Waals surface area contributed by atoms with Crippen LogP contribution in [-0.2, 0) is 14.8 Å². The number of hydrogen-bond donors (Lipinski definition) is 2. The Morgan fingerprint density at radius 1 is 1.35 bits per heavy atom. The highest BCUT2D eigenvalue weighted by Crippen LogP contribution is 2.10. The monoisotopic (exact) mass is 300 g/mol. The van der Waals surface area contributed by atoms with E-state index in [-0.39, 0.29) is 0 Å². The predicted molar refractivity (Wildman–Crippen MR) is 78.5 cm³/mol. The Kier molecular flexibility index (Phi) is 5.16. The summed E-state index contributed by atoms with van der Waals surface area (Å²) in [5, 5.41) is 3.21. The van der Waals surface area contributed by atoms with Crippen LogP contribution in [0.3, 0.4) is 0 Å². The average Bonchev–Trinajstić information content (AvgIpc) is 2.40. The number of sulfonamides is 1. The van der Waals surface area contributed by atoms with Crippen LogP contribution in [0.2, 0.25) is 0 Å². The largest absolute Gasteiger partial charge is 0.379 e. The first kappa shape index (κ1) is 15.0. The second-order valence-electron chi connectivity index (χ2n) is 4.69. The summed E-state index contributed by atoms with van der Waals surface area (Å²) in [4.78, 5) is 6.49. The molecule has 0 saturated carbocycles. The van der Waals surface area contributed by atoms with Crippen molar-refractivity contribution in [1.82, 2.24) is 9.88 Å². The van der Waals surface area contributed by atoms with Gasteiger partial charge in [0.2, 0.25) is 10.0 Å². The molecule has 2 N–H and O–H groups in total. The molecule has 1 saturated heterocycles. The van der Waals surface area contributed by atoms with Gasteiger partial charge in [0.25, 0.3) is 0 Å². The molecule has 0 aliphatic carbocycles. The van der Waals surface area contributed by atoms with Crippen molar-refractivity contribution in [3.8, 4) is 0 Å². The Hall–Kier alpha value is -1.38. The number of aromatic nitrogens is 1. The molecule has 0 spiro atoms. The number of anilines is 2. The van der Waals surface area contributed by atoms with E-state index in [1.54, 1.807) is 12.1 Å². The lowest BCUT2D eigenvalue weighted by Gasteiger charge is -2.26. The van der Waals surface area contributed by atoms with Crippen molar-refractivity contribution < 1.29 is 13.2 Å². The van der Waals surface area contributed by atoms with E-state index >= 15 is 0 Å². The molecular formula is C12H20N4O3S. The standard InChI is InChI=1S/C12H20N4O3S/c1-20(17,18)15-11-2-3-12(14-10-11)13-4-5-16-6-8-19-9-7-16/h2-3,10,15H,4-9H2,1H3,(H,13,14). The molecule has 0 radical (unpaired) electrons. The van der Waals surface area contributed by atoms with Crippen LogP contribution < -0.4 is 10.0 Å². The van der Waals surface area contributed by atoms with E-state index in [2.05, 4.69) is 19.9 Å². The van der Waals surface area contributed by atoms with Crippen LogP contribution >= 0.6 is 0 Å². The molecule has 0 unspecified atom stereocenters. The molecule has 1 aromatic rings. The molecule has 0 bridgehead atoms. The van der Waals surface area contributed by atoms with Gasteiger partial charge in [-0.1, -0.05) is 0 Å². The van der Waals surface area contributed by atoms with Crippen LogP contribution in [-0.4, -0.2) is 64.0 Å². The van der Waals surface area contributed by atoms with Gasteiger partial charge in [0.05, 0.1) is 31.4 Å². The van der Waals surface area contributed by atoms with Crippen molar-refractivity contribution in [1.29, 1.82) is 0 Å². The summed E-state index contributed by atoms with van der Waals surface area (Å²) < 4.78 is 29.8. The second kappa shape index (κ2) is 6.87. The molecule has 112 valence electrons. The van der Waals surface area contributed by atoms with Crippen molar-refractivity contribution in [2.45, 2.75) is 0 Å². The molecule has 1 aliphatic rings. The number of hydrogen-bond acceptors (Lipinski definition) is 6. The first-order valence-corrected chi connectivity index (χ1v) is 8.40. The maximum atomic E-state index is 11.1. The summed E-state index contributed by atoms with van der Waals surface area (Å²) in [5.74, 6) is 0.734. The Morgan fingerprint density at radius 2 is 2.10 bits per heavy atom. The number of rotatable bonds is 6. The van der Waals surface area contributed by atoms with E-state index in [9.17, 15) is 8.42 Å². The van der Waals surface area contributed by atoms with Crippen molar-refractivity contribution in [2.75, 3.05) is 55.7 Å². The van der Waals surface area contributed by atoms with Gasteiger partial charge in [-0.2, -0.15) is 0 Å². The third-order valence-corrected chi connectivity index (χ3v) is 3.51. The van der Waals surface area contributed by atoms with Crippen molar-refractivity contribution >= 4 is 21.5 Å². The van der Waals surface area contributed by atoms with Crippen molar-refractivity contribution in [3.63, 3.8) is 0 Å². The quantitative estimate of drug-likeness (QED) is 0.781. The fourth-order valence-corrected chi connectivity index (χ4v) is 2.49. The van der Waals surface area contributed by atoms with Crippen LogP contribution in [0, 0.1) is 0 Å². The van der Waals surface area contributed by atoms with Gasteiger partial charge in [-0.25, -0.2) is 13.4 Å². The molecule has 1 aromatic heterocycles. The van der Waals surface area contributed by atoms with Crippen LogP contribution in [0.5, 0.6) is 0 Å². The minimum Gasteiger partial charge on any atom is -0.379 e. The fraction of sp³-hybridized carbons (Fsp3) is 0.583. The number of ether oxygens (including phenoxy) is 1. The minimum atomic E-state index is -3.25. The highest BCUT2D eigenvalue weighted by molar-refractivity contribution is 7.92. The lowest BCUT2D eigenvalue weighted by atomic mass is 10.4. The van der Waals surface area contributed by atoms with E-state index in [1.165, 1.54) is 6.20 Å². The summed E-state index contributed by atoms with van der Waals surface area (Å²) in [6.45, 7) is 5.26. The Balaban J connectivity index is 1.76. The number of pyridine rings is 1. The zero-order valence-corrected chi connectivity index (χ0v) is 12.3. The van der Waals surface area contributed by atoms with E-state index in [0.717, 1.165) is 51.5 Å². The third kappa shape index (κ3) is 5.32. The summed E-state index contributed by atoms with van der Waals surface area (Å²) in [7, 11) is -3.25. The zero-order valence-electron chi connectivity index (χ0n) is 11.5. The topological polar surface area (TPSA) is 83.6 Å². The van der Waals surface area contributed by atoms with E-state index in [1.807, 2.05) is 0 Å². The van der Waals surface area contributed by atoms with Crippen LogP contribution in [0.15, 0.2) is 18.3 Å². The molecule has 0 aromatic carbocycles. The summed E-state index contributed by atoms with van der Waals surface area (Å²) in [5.41, 5.74) is 0.464. The Morgan fingerprint density at radius 3 is 2.70 bits per heavy atom. The van der Waals surface area contributed by atoms with Gasteiger partial charge in [-0.15, -0.1) is 0 Å². The van der Waals surface area contributed by atoms with E-state index in [4.69, 9.17) is 4.74 Å². The van der Waals surface area contributed by atoms with Gasteiger partial charge in [0.1, 0.15) is 5.82 Å². The van der Waals surface area contributed by atoms with Gasteiger partial charge in [0, 0.05) is 26.2 Å². The smallest absolute Gasteiger partial charge is 0.229 e. The highest BCUT2D eigenvalue weighted by Gasteiger charge is 2.09. The van der Waals surface area contributed by atoms with E-state index in [0.29, 0.717) is 5.69 Å². The molecule has 2 heterocycles. The zero-order chi connectivity index (χ0) is 14.4. The molecule has 8 heteroatoms. The molecule has 1 aliphatic heterocycles. The summed E-state index contributed by atoms with van der Waals surface area (Å²) >= 11 is 0. The first-order valence-electron chi connectivity index (χ1n) is 6.51. The first-order chi connectivity index (χ1) is 9.53. The van der Waals surface area contributed by atoms with Gasteiger partial charge >= 0.3 is 0 Å².